The Kier molecular flexibility index (Phi) is 4.04. The summed E-state index contributed by atoms with van der Waals surface area (Å²) in [5.41, 5.74) is -0.560. The summed E-state index contributed by atoms with van der Waals surface area (Å²) in [6.45, 7) is 2.76. The number of hydrogen-bond donors (Lipinski definition) is 1. The van der Waals surface area contributed by atoms with Crippen LogP contribution in [-0.2, 0) is 14.8 Å². The second-order valence-corrected chi connectivity index (χ2v) is 7.52. The second-order valence-electron chi connectivity index (χ2n) is 4.54. The first-order chi connectivity index (χ1) is 8.32. The highest BCUT2D eigenvalue weighted by Crippen LogP contribution is 2.27. The first-order valence-corrected chi connectivity index (χ1v) is 8.05. The van der Waals surface area contributed by atoms with Gasteiger partial charge in [-0.05, 0) is 31.5 Å². The molecule has 18 heavy (non-hydrogen) atoms. The summed E-state index contributed by atoms with van der Waals surface area (Å²) < 4.78 is 33.1. The van der Waals surface area contributed by atoms with Crippen molar-refractivity contribution in [3.05, 3.63) is 27.7 Å². The van der Waals surface area contributed by atoms with E-state index in [4.69, 9.17) is 16.3 Å². The molecule has 1 aliphatic heterocycles. The van der Waals surface area contributed by atoms with Crippen LogP contribution in [0.1, 0.15) is 13.3 Å². The molecule has 1 heterocycles. The third kappa shape index (κ3) is 3.05. The Morgan fingerprint density at radius 2 is 2.22 bits per heavy atom. The molecule has 1 saturated heterocycles. The summed E-state index contributed by atoms with van der Waals surface area (Å²) in [4.78, 5) is 0.0838. The number of sulfonamides is 1. The van der Waals surface area contributed by atoms with Crippen LogP contribution in [0.2, 0.25) is 5.02 Å². The molecule has 0 amide bonds. The number of hydrogen-bond acceptors (Lipinski definition) is 3. The van der Waals surface area contributed by atoms with E-state index in [0.29, 0.717) is 19.6 Å². The van der Waals surface area contributed by atoms with E-state index in [2.05, 4.69) is 20.7 Å². The lowest BCUT2D eigenvalue weighted by Gasteiger charge is -2.23. The van der Waals surface area contributed by atoms with Gasteiger partial charge in [-0.2, -0.15) is 0 Å². The van der Waals surface area contributed by atoms with Gasteiger partial charge in [0.1, 0.15) is 4.90 Å². The minimum absolute atomic E-state index is 0.0838. The number of halogens is 2. The number of benzene rings is 1. The number of rotatable bonds is 3. The summed E-state index contributed by atoms with van der Waals surface area (Å²) in [6, 6.07) is 4.69. The topological polar surface area (TPSA) is 55.4 Å². The molecule has 2 rings (SSSR count). The largest absolute Gasteiger partial charge is 0.379 e. The van der Waals surface area contributed by atoms with Gasteiger partial charge in [-0.3, -0.25) is 0 Å². The molecule has 1 fully saturated rings. The fourth-order valence-electron chi connectivity index (χ4n) is 1.82. The average Bonchev–Trinajstić information content (AvgIpc) is 2.62. The van der Waals surface area contributed by atoms with Gasteiger partial charge < -0.3 is 4.74 Å². The standard InChI is InChI=1S/C11H13BrClNO3S/c1-11(4-5-17-7-11)14-18(15,16)10-3-2-8(12)6-9(10)13/h2-3,6,14H,4-5,7H2,1H3. The Balaban J connectivity index is 2.30. The molecule has 1 N–H and O–H groups in total. The summed E-state index contributed by atoms with van der Waals surface area (Å²) in [5, 5.41) is 0.194. The van der Waals surface area contributed by atoms with Gasteiger partial charge in [-0.15, -0.1) is 0 Å². The molecule has 4 nitrogen and oxygen atoms in total. The molecular formula is C11H13BrClNO3S. The molecule has 1 aromatic carbocycles. The smallest absolute Gasteiger partial charge is 0.242 e. The van der Waals surface area contributed by atoms with Crippen LogP contribution < -0.4 is 4.72 Å². The highest BCUT2D eigenvalue weighted by atomic mass is 79.9. The van der Waals surface area contributed by atoms with Crippen LogP contribution in [0.15, 0.2) is 27.6 Å². The Morgan fingerprint density at radius 1 is 1.50 bits per heavy atom. The zero-order chi connectivity index (χ0) is 13.4. The van der Waals surface area contributed by atoms with E-state index in [0.717, 1.165) is 4.47 Å². The maximum atomic E-state index is 12.3. The molecule has 100 valence electrons. The van der Waals surface area contributed by atoms with E-state index in [-0.39, 0.29) is 9.92 Å². The average molecular weight is 355 g/mol. The van der Waals surface area contributed by atoms with E-state index in [9.17, 15) is 8.42 Å². The number of ether oxygens (including phenoxy) is 1. The van der Waals surface area contributed by atoms with Crippen LogP contribution in [0.3, 0.4) is 0 Å². The molecule has 1 unspecified atom stereocenters. The zero-order valence-electron chi connectivity index (χ0n) is 9.74. The summed E-state index contributed by atoms with van der Waals surface area (Å²) in [7, 11) is -3.63. The maximum absolute atomic E-state index is 12.3. The van der Waals surface area contributed by atoms with Crippen LogP contribution in [0.4, 0.5) is 0 Å². The molecule has 1 atom stereocenters. The van der Waals surface area contributed by atoms with Crippen molar-refractivity contribution in [2.24, 2.45) is 0 Å². The quantitative estimate of drug-likeness (QED) is 0.907. The normalized spacial score (nSPS) is 24.4. The monoisotopic (exact) mass is 353 g/mol. The molecule has 0 aliphatic carbocycles. The van der Waals surface area contributed by atoms with Crippen LogP contribution in [0.25, 0.3) is 0 Å². The van der Waals surface area contributed by atoms with Gasteiger partial charge >= 0.3 is 0 Å². The van der Waals surface area contributed by atoms with Gasteiger partial charge in [0.25, 0.3) is 0 Å². The van der Waals surface area contributed by atoms with Crippen molar-refractivity contribution >= 4 is 37.6 Å². The minimum atomic E-state index is -3.63. The highest BCUT2D eigenvalue weighted by molar-refractivity contribution is 9.10. The van der Waals surface area contributed by atoms with E-state index < -0.39 is 15.6 Å². The highest BCUT2D eigenvalue weighted by Gasteiger charge is 2.35. The van der Waals surface area contributed by atoms with E-state index in [1.807, 2.05) is 6.92 Å². The zero-order valence-corrected chi connectivity index (χ0v) is 12.9. The molecule has 0 aromatic heterocycles. The van der Waals surface area contributed by atoms with Crippen molar-refractivity contribution in [1.29, 1.82) is 0 Å². The molecule has 1 aromatic rings. The van der Waals surface area contributed by atoms with Gasteiger partial charge in [0.2, 0.25) is 10.0 Å². The molecule has 0 spiro atoms. The lowest BCUT2D eigenvalue weighted by Crippen LogP contribution is -2.46. The Bertz CT molecular complexity index is 555. The predicted octanol–water partition coefficient (Wildman–Crippen LogP) is 2.56. The van der Waals surface area contributed by atoms with Crippen molar-refractivity contribution in [3.63, 3.8) is 0 Å². The van der Waals surface area contributed by atoms with Crippen LogP contribution in [0, 0.1) is 0 Å². The maximum Gasteiger partial charge on any atom is 0.242 e. The lowest BCUT2D eigenvalue weighted by molar-refractivity contribution is 0.178. The van der Waals surface area contributed by atoms with Crippen LogP contribution in [-0.4, -0.2) is 27.2 Å². The fraction of sp³-hybridized carbons (Fsp3) is 0.455. The summed E-state index contributed by atoms with van der Waals surface area (Å²) in [5.74, 6) is 0. The first-order valence-electron chi connectivity index (χ1n) is 5.39. The third-order valence-corrected chi connectivity index (χ3v) is 5.40. The van der Waals surface area contributed by atoms with Crippen molar-refractivity contribution in [2.75, 3.05) is 13.2 Å². The molecule has 0 saturated carbocycles. The lowest BCUT2D eigenvalue weighted by atomic mass is 10.0. The first kappa shape index (κ1) is 14.3. The SMILES string of the molecule is CC1(NS(=O)(=O)c2ccc(Br)cc2Cl)CCOC1. The second kappa shape index (κ2) is 5.09. The predicted molar refractivity (Wildman–Crippen MR) is 73.3 cm³/mol. The molecule has 0 bridgehead atoms. The molecule has 1 aliphatic rings. The van der Waals surface area contributed by atoms with Gasteiger partial charge in [0.05, 0.1) is 17.2 Å². The Hall–Kier alpha value is -0.140. The van der Waals surface area contributed by atoms with Crippen LogP contribution >= 0.6 is 27.5 Å². The van der Waals surface area contributed by atoms with Gasteiger partial charge in [0.15, 0.2) is 0 Å². The van der Waals surface area contributed by atoms with E-state index >= 15 is 0 Å². The molecule has 7 heteroatoms. The number of nitrogens with one attached hydrogen (secondary N) is 1. The summed E-state index contributed by atoms with van der Waals surface area (Å²) >= 11 is 9.21. The van der Waals surface area contributed by atoms with Gasteiger partial charge in [0, 0.05) is 11.1 Å². The summed E-state index contributed by atoms with van der Waals surface area (Å²) in [6.07, 6.45) is 0.653. The fourth-order valence-corrected chi connectivity index (χ4v) is 4.28. The van der Waals surface area contributed by atoms with Crippen molar-refractivity contribution in [3.8, 4) is 0 Å². The van der Waals surface area contributed by atoms with Crippen LogP contribution in [0.5, 0.6) is 0 Å². The van der Waals surface area contributed by atoms with E-state index in [1.54, 1.807) is 12.1 Å². The third-order valence-electron chi connectivity index (χ3n) is 2.78. The van der Waals surface area contributed by atoms with Crippen molar-refractivity contribution < 1.29 is 13.2 Å². The van der Waals surface area contributed by atoms with E-state index in [1.165, 1.54) is 6.07 Å². The van der Waals surface area contributed by atoms with Crippen molar-refractivity contribution in [1.82, 2.24) is 4.72 Å². The van der Waals surface area contributed by atoms with Gasteiger partial charge in [-0.1, -0.05) is 27.5 Å². The van der Waals surface area contributed by atoms with Crippen molar-refractivity contribution in [2.45, 2.75) is 23.8 Å². The molecule has 0 radical (unpaired) electrons. The Morgan fingerprint density at radius 3 is 2.78 bits per heavy atom. The Labute approximate surface area is 120 Å². The molecular weight excluding hydrogens is 342 g/mol. The minimum Gasteiger partial charge on any atom is -0.379 e. The van der Waals surface area contributed by atoms with Gasteiger partial charge in [-0.25, -0.2) is 13.1 Å².